The van der Waals surface area contributed by atoms with Gasteiger partial charge in [-0.15, -0.1) is 11.3 Å². The maximum Gasteiger partial charge on any atom is 0.211 e. The number of rotatable bonds is 7. The number of anilines is 3. The van der Waals surface area contributed by atoms with Crippen molar-refractivity contribution in [2.75, 3.05) is 18.2 Å². The summed E-state index contributed by atoms with van der Waals surface area (Å²) in [6, 6.07) is 22.1. The largest absolute Gasteiger partial charge is 0.497 e. The number of benzene rings is 3. The number of hydrogen-bond donors (Lipinski definition) is 2. The summed E-state index contributed by atoms with van der Waals surface area (Å²) < 4.78 is 32.2. The molecule has 0 bridgehead atoms. The molecular formula is C25H22N2O4S2. The van der Waals surface area contributed by atoms with E-state index in [9.17, 15) is 13.2 Å². The molecule has 3 aromatic carbocycles. The number of carbonyl (C=O) groups is 1. The fraction of sp³-hybridized carbons (Fsp3) is 0.0800. The SMILES string of the molecule is COc1ccc(C(=O)c2sc(Nc3ccc(C)cc3)c(S(=O)(=O)c3ccccc3)c2N)cc1. The average molecular weight is 479 g/mol. The van der Waals surface area contributed by atoms with Gasteiger partial charge in [0.1, 0.15) is 20.5 Å². The predicted octanol–water partition coefficient (Wildman–Crippen LogP) is 5.45. The van der Waals surface area contributed by atoms with Crippen molar-refractivity contribution in [1.82, 2.24) is 0 Å². The summed E-state index contributed by atoms with van der Waals surface area (Å²) in [4.78, 5) is 13.4. The highest BCUT2D eigenvalue weighted by molar-refractivity contribution is 7.92. The van der Waals surface area contributed by atoms with Crippen molar-refractivity contribution in [1.29, 1.82) is 0 Å². The molecule has 0 spiro atoms. The van der Waals surface area contributed by atoms with E-state index in [0.717, 1.165) is 16.9 Å². The van der Waals surface area contributed by atoms with E-state index < -0.39 is 9.84 Å². The van der Waals surface area contributed by atoms with Crippen LogP contribution in [0.2, 0.25) is 0 Å². The normalized spacial score (nSPS) is 11.2. The maximum atomic E-state index is 13.5. The van der Waals surface area contributed by atoms with E-state index in [1.165, 1.54) is 19.2 Å². The number of methoxy groups -OCH3 is 1. The highest BCUT2D eigenvalue weighted by Crippen LogP contribution is 2.44. The van der Waals surface area contributed by atoms with E-state index in [0.29, 0.717) is 17.0 Å². The molecule has 0 aliphatic heterocycles. The summed E-state index contributed by atoms with van der Waals surface area (Å²) in [6.45, 7) is 1.96. The lowest BCUT2D eigenvalue weighted by molar-refractivity contribution is 0.104. The van der Waals surface area contributed by atoms with Gasteiger partial charge in [-0.2, -0.15) is 0 Å². The van der Waals surface area contributed by atoms with Gasteiger partial charge in [-0.25, -0.2) is 8.42 Å². The Kier molecular flexibility index (Phi) is 6.22. The van der Waals surface area contributed by atoms with Crippen LogP contribution in [-0.2, 0) is 9.84 Å². The summed E-state index contributed by atoms with van der Waals surface area (Å²) in [5.41, 5.74) is 8.42. The van der Waals surface area contributed by atoms with Crippen LogP contribution < -0.4 is 15.8 Å². The van der Waals surface area contributed by atoms with Gasteiger partial charge < -0.3 is 15.8 Å². The van der Waals surface area contributed by atoms with Gasteiger partial charge in [0.15, 0.2) is 0 Å². The molecule has 1 aromatic heterocycles. The minimum absolute atomic E-state index is 0.0701. The van der Waals surface area contributed by atoms with Gasteiger partial charge in [0, 0.05) is 11.3 Å². The third-order valence-electron chi connectivity index (χ3n) is 5.09. The number of hydrogen-bond acceptors (Lipinski definition) is 7. The fourth-order valence-corrected chi connectivity index (χ4v) is 6.26. The molecule has 3 N–H and O–H groups in total. The maximum absolute atomic E-state index is 13.5. The van der Waals surface area contributed by atoms with Gasteiger partial charge in [0.05, 0.1) is 17.7 Å². The van der Waals surface area contributed by atoms with E-state index in [1.54, 1.807) is 42.5 Å². The van der Waals surface area contributed by atoms with Crippen LogP contribution >= 0.6 is 11.3 Å². The second-order valence-electron chi connectivity index (χ2n) is 7.37. The van der Waals surface area contributed by atoms with Gasteiger partial charge in [-0.1, -0.05) is 35.9 Å². The molecule has 0 unspecified atom stereocenters. The zero-order valence-electron chi connectivity index (χ0n) is 18.0. The highest BCUT2D eigenvalue weighted by Gasteiger charge is 2.31. The first-order chi connectivity index (χ1) is 15.8. The Morgan fingerprint density at radius 3 is 2.18 bits per heavy atom. The van der Waals surface area contributed by atoms with E-state index in [4.69, 9.17) is 10.5 Å². The van der Waals surface area contributed by atoms with Crippen LogP contribution in [0.3, 0.4) is 0 Å². The van der Waals surface area contributed by atoms with E-state index in [-0.39, 0.29) is 31.1 Å². The summed E-state index contributed by atoms with van der Waals surface area (Å²) in [7, 11) is -2.44. The Labute approximate surface area is 196 Å². The van der Waals surface area contributed by atoms with Gasteiger partial charge >= 0.3 is 0 Å². The minimum Gasteiger partial charge on any atom is -0.497 e. The first kappa shape index (κ1) is 22.6. The second-order valence-corrected chi connectivity index (χ2v) is 10.3. The molecule has 0 saturated carbocycles. The number of ether oxygens (including phenoxy) is 1. The van der Waals surface area contributed by atoms with Crippen molar-refractivity contribution in [3.05, 3.63) is 94.9 Å². The Bertz CT molecular complexity index is 1390. The lowest BCUT2D eigenvalue weighted by atomic mass is 10.1. The minimum atomic E-state index is -3.98. The third kappa shape index (κ3) is 4.48. The molecular weight excluding hydrogens is 456 g/mol. The Morgan fingerprint density at radius 1 is 0.939 bits per heavy atom. The number of thiophene rings is 1. The molecule has 0 aliphatic carbocycles. The van der Waals surface area contributed by atoms with Crippen molar-refractivity contribution < 1.29 is 17.9 Å². The van der Waals surface area contributed by atoms with Crippen LogP contribution in [0.1, 0.15) is 20.8 Å². The first-order valence-electron chi connectivity index (χ1n) is 10.1. The van der Waals surface area contributed by atoms with Gasteiger partial charge in [-0.3, -0.25) is 4.79 Å². The second kappa shape index (κ2) is 9.09. The molecule has 0 radical (unpaired) electrons. The summed E-state index contributed by atoms with van der Waals surface area (Å²) in [6.07, 6.45) is 0. The van der Waals surface area contributed by atoms with Crippen molar-refractivity contribution in [2.24, 2.45) is 0 Å². The quantitative estimate of drug-likeness (QED) is 0.343. The molecule has 0 saturated heterocycles. The lowest BCUT2D eigenvalue weighted by Crippen LogP contribution is -2.08. The van der Waals surface area contributed by atoms with Crippen molar-refractivity contribution in [3.8, 4) is 5.75 Å². The smallest absolute Gasteiger partial charge is 0.211 e. The fourth-order valence-electron chi connectivity index (χ4n) is 3.31. The standard InChI is InChI=1S/C25H22N2O4S2/c1-16-8-12-18(13-9-16)27-25-24(33(29,30)20-6-4-3-5-7-20)21(26)23(32-25)22(28)17-10-14-19(31-2)15-11-17/h3-15,27H,26H2,1-2H3. The Hall–Kier alpha value is -3.62. The summed E-state index contributed by atoms with van der Waals surface area (Å²) in [5.74, 6) is 0.251. The number of nitrogen functional groups attached to an aromatic ring is 1. The molecule has 4 rings (SSSR count). The molecule has 1 heterocycles. The average Bonchev–Trinajstić information content (AvgIpc) is 3.17. The van der Waals surface area contributed by atoms with E-state index >= 15 is 0 Å². The number of nitrogens with one attached hydrogen (secondary N) is 1. The molecule has 8 heteroatoms. The Morgan fingerprint density at radius 2 is 1.58 bits per heavy atom. The lowest BCUT2D eigenvalue weighted by Gasteiger charge is -2.10. The first-order valence-corrected chi connectivity index (χ1v) is 12.4. The van der Waals surface area contributed by atoms with E-state index in [1.807, 2.05) is 31.2 Å². The zero-order chi connectivity index (χ0) is 23.6. The molecule has 4 aromatic rings. The molecule has 168 valence electrons. The summed E-state index contributed by atoms with van der Waals surface area (Å²) >= 11 is 1.02. The molecule has 6 nitrogen and oxygen atoms in total. The third-order valence-corrected chi connectivity index (χ3v) is 8.19. The highest BCUT2D eigenvalue weighted by atomic mass is 32.2. The van der Waals surface area contributed by atoms with Gasteiger partial charge in [0.25, 0.3) is 0 Å². The van der Waals surface area contributed by atoms with Crippen LogP contribution in [-0.4, -0.2) is 21.3 Å². The van der Waals surface area contributed by atoms with Crippen molar-refractivity contribution in [3.63, 3.8) is 0 Å². The number of aryl methyl sites for hydroxylation is 1. The van der Waals surface area contributed by atoms with Crippen molar-refractivity contribution >= 4 is 43.3 Å². The van der Waals surface area contributed by atoms with Crippen LogP contribution in [0, 0.1) is 6.92 Å². The van der Waals surface area contributed by atoms with Crippen molar-refractivity contribution in [2.45, 2.75) is 16.7 Å². The van der Waals surface area contributed by atoms with Crippen LogP contribution in [0.5, 0.6) is 5.75 Å². The van der Waals surface area contributed by atoms with Crippen LogP contribution in [0.4, 0.5) is 16.4 Å². The summed E-state index contributed by atoms with van der Waals surface area (Å²) in [5, 5.41) is 3.44. The number of ketones is 1. The molecule has 33 heavy (non-hydrogen) atoms. The molecule has 0 amide bonds. The molecule has 0 aliphatic rings. The van der Waals surface area contributed by atoms with Crippen LogP contribution in [0.15, 0.2) is 88.7 Å². The van der Waals surface area contributed by atoms with E-state index in [2.05, 4.69) is 5.32 Å². The number of carbonyl (C=O) groups excluding carboxylic acids is 1. The molecule has 0 atom stereocenters. The van der Waals surface area contributed by atoms with Gasteiger partial charge in [-0.05, 0) is 55.5 Å². The van der Waals surface area contributed by atoms with Crippen LogP contribution in [0.25, 0.3) is 0 Å². The number of nitrogens with two attached hydrogens (primary N) is 1. The molecule has 0 fully saturated rings. The monoisotopic (exact) mass is 478 g/mol. The topological polar surface area (TPSA) is 98.5 Å². The Balaban J connectivity index is 1.85. The van der Waals surface area contributed by atoms with Gasteiger partial charge in [0.2, 0.25) is 15.6 Å². The zero-order valence-corrected chi connectivity index (χ0v) is 19.7. The predicted molar refractivity (Wildman–Crippen MR) is 132 cm³/mol. The number of sulfone groups is 1.